The summed E-state index contributed by atoms with van der Waals surface area (Å²) in [6.07, 6.45) is 2.92. The Kier molecular flexibility index (Phi) is 3.90. The first-order chi connectivity index (χ1) is 11.0. The fourth-order valence-electron chi connectivity index (χ4n) is 3.11. The van der Waals surface area contributed by atoms with Gasteiger partial charge in [-0.15, -0.1) is 0 Å². The maximum Gasteiger partial charge on any atom is 0.256 e. The lowest BCUT2D eigenvalue weighted by Crippen LogP contribution is -2.45. The van der Waals surface area contributed by atoms with Gasteiger partial charge in [-0.25, -0.2) is 0 Å². The van der Waals surface area contributed by atoms with Crippen LogP contribution in [0.1, 0.15) is 23.2 Å². The van der Waals surface area contributed by atoms with E-state index in [1.165, 1.54) is 11.1 Å². The molecule has 120 valence electrons. The number of rotatable bonds is 2. The predicted octanol–water partition coefficient (Wildman–Crippen LogP) is 1.22. The summed E-state index contributed by atoms with van der Waals surface area (Å²) in [6, 6.07) is 6.59. The number of likely N-dealkylation sites (N-methyl/N-ethyl adjacent to an activating group) is 1. The first-order valence-corrected chi connectivity index (χ1v) is 7.63. The van der Waals surface area contributed by atoms with E-state index in [1.54, 1.807) is 43.3 Å². The van der Waals surface area contributed by atoms with E-state index in [4.69, 9.17) is 0 Å². The molecule has 1 aromatic heterocycles. The molecule has 1 N–H and O–H groups in total. The number of nitrogens with zero attached hydrogens (tertiary/aromatic N) is 2. The topological polar surface area (TPSA) is 73.5 Å². The van der Waals surface area contributed by atoms with Crippen LogP contribution in [-0.4, -0.2) is 53.3 Å². The highest BCUT2D eigenvalue weighted by atomic mass is 16.2. The molecule has 1 atom stereocenters. The van der Waals surface area contributed by atoms with Crippen LogP contribution >= 0.6 is 0 Å². The minimum absolute atomic E-state index is 0.0652. The fourth-order valence-corrected chi connectivity index (χ4v) is 3.11. The van der Waals surface area contributed by atoms with Gasteiger partial charge in [0.15, 0.2) is 0 Å². The van der Waals surface area contributed by atoms with Gasteiger partial charge in [-0.05, 0) is 18.9 Å². The number of likely N-dealkylation sites (tertiary alicyclic amines) is 1. The van der Waals surface area contributed by atoms with Crippen LogP contribution in [0, 0.1) is 0 Å². The molecule has 1 aliphatic rings. The maximum atomic E-state index is 12.9. The van der Waals surface area contributed by atoms with Crippen LogP contribution in [0.4, 0.5) is 0 Å². The Hall–Kier alpha value is -2.63. The van der Waals surface area contributed by atoms with E-state index >= 15 is 0 Å². The third kappa shape index (κ3) is 2.60. The zero-order valence-electron chi connectivity index (χ0n) is 13.2. The van der Waals surface area contributed by atoms with E-state index in [2.05, 4.69) is 4.98 Å². The van der Waals surface area contributed by atoms with Gasteiger partial charge in [-0.1, -0.05) is 18.2 Å². The average Bonchev–Trinajstić information content (AvgIpc) is 3.03. The Morgan fingerprint density at radius 3 is 2.61 bits per heavy atom. The normalized spacial score (nSPS) is 17.5. The molecular weight excluding hydrogens is 294 g/mol. The third-order valence-electron chi connectivity index (χ3n) is 4.28. The second-order valence-electron chi connectivity index (χ2n) is 5.97. The van der Waals surface area contributed by atoms with Crippen LogP contribution in [0.15, 0.2) is 35.3 Å². The first-order valence-electron chi connectivity index (χ1n) is 7.63. The standard InChI is InChI=1S/C17H19N3O3/c1-19(2)17(23)14-8-5-9-20(14)16(22)13-10-18-15(21)12-7-4-3-6-11(12)13/h3-4,6-7,10,14H,5,8-9H2,1-2H3,(H,18,21). The van der Waals surface area contributed by atoms with Crippen molar-refractivity contribution in [2.45, 2.75) is 18.9 Å². The number of carbonyl (C=O) groups excluding carboxylic acids is 2. The van der Waals surface area contributed by atoms with Gasteiger partial charge in [0, 0.05) is 37.6 Å². The van der Waals surface area contributed by atoms with Crippen LogP contribution in [-0.2, 0) is 4.79 Å². The van der Waals surface area contributed by atoms with Gasteiger partial charge >= 0.3 is 0 Å². The fraction of sp³-hybridized carbons (Fsp3) is 0.353. The molecule has 0 bridgehead atoms. The number of benzene rings is 1. The van der Waals surface area contributed by atoms with E-state index < -0.39 is 6.04 Å². The molecule has 2 aromatic rings. The zero-order chi connectivity index (χ0) is 16.6. The monoisotopic (exact) mass is 313 g/mol. The lowest BCUT2D eigenvalue weighted by Gasteiger charge is -2.26. The molecule has 1 fully saturated rings. The Labute approximate surface area is 133 Å². The molecule has 2 amide bonds. The van der Waals surface area contributed by atoms with Gasteiger partial charge in [0.25, 0.3) is 11.5 Å². The first kappa shape index (κ1) is 15.3. The molecule has 2 heterocycles. The Morgan fingerprint density at radius 1 is 1.22 bits per heavy atom. The largest absolute Gasteiger partial charge is 0.347 e. The Morgan fingerprint density at radius 2 is 1.91 bits per heavy atom. The molecule has 3 rings (SSSR count). The van der Waals surface area contributed by atoms with Crippen molar-refractivity contribution in [3.05, 3.63) is 46.4 Å². The smallest absolute Gasteiger partial charge is 0.256 e. The lowest BCUT2D eigenvalue weighted by molar-refractivity contribution is -0.132. The summed E-state index contributed by atoms with van der Waals surface area (Å²) in [5.74, 6) is -0.278. The average molecular weight is 313 g/mol. The van der Waals surface area contributed by atoms with Crippen molar-refractivity contribution in [1.82, 2.24) is 14.8 Å². The summed E-state index contributed by atoms with van der Waals surface area (Å²) >= 11 is 0. The molecule has 6 heteroatoms. The van der Waals surface area contributed by atoms with E-state index in [-0.39, 0.29) is 17.4 Å². The summed E-state index contributed by atoms with van der Waals surface area (Å²) in [4.78, 5) is 42.9. The van der Waals surface area contributed by atoms with Crippen molar-refractivity contribution in [2.24, 2.45) is 0 Å². The van der Waals surface area contributed by atoms with Gasteiger partial charge in [-0.2, -0.15) is 0 Å². The van der Waals surface area contributed by atoms with E-state index in [0.29, 0.717) is 29.3 Å². The Bertz CT molecular complexity index is 825. The number of aromatic amines is 1. The highest BCUT2D eigenvalue weighted by Gasteiger charge is 2.35. The molecule has 1 unspecified atom stereocenters. The number of fused-ring (bicyclic) bond motifs is 1. The molecule has 1 saturated heterocycles. The van der Waals surface area contributed by atoms with Gasteiger partial charge in [-0.3, -0.25) is 14.4 Å². The molecule has 1 aliphatic heterocycles. The number of hydrogen-bond acceptors (Lipinski definition) is 3. The van der Waals surface area contributed by atoms with Gasteiger partial charge in [0.1, 0.15) is 6.04 Å². The van der Waals surface area contributed by atoms with Gasteiger partial charge in [0.05, 0.1) is 5.56 Å². The molecule has 6 nitrogen and oxygen atoms in total. The van der Waals surface area contributed by atoms with Gasteiger partial charge < -0.3 is 14.8 Å². The van der Waals surface area contributed by atoms with Crippen LogP contribution < -0.4 is 5.56 Å². The number of amides is 2. The van der Waals surface area contributed by atoms with Crippen molar-refractivity contribution in [1.29, 1.82) is 0 Å². The van der Waals surface area contributed by atoms with Crippen LogP contribution in [0.2, 0.25) is 0 Å². The number of H-pyrrole nitrogens is 1. The van der Waals surface area contributed by atoms with Crippen molar-refractivity contribution in [2.75, 3.05) is 20.6 Å². The summed E-state index contributed by atoms with van der Waals surface area (Å²) in [6.45, 7) is 0.552. The minimum Gasteiger partial charge on any atom is -0.347 e. The van der Waals surface area contributed by atoms with Crippen molar-refractivity contribution < 1.29 is 9.59 Å². The molecule has 0 radical (unpaired) electrons. The molecule has 0 spiro atoms. The summed E-state index contributed by atoms with van der Waals surface area (Å²) < 4.78 is 0. The SMILES string of the molecule is CN(C)C(=O)C1CCCN1C(=O)c1c[nH]c(=O)c2ccccc12. The summed E-state index contributed by atoms with van der Waals surface area (Å²) in [7, 11) is 3.39. The molecule has 1 aromatic carbocycles. The predicted molar refractivity (Wildman–Crippen MR) is 87.3 cm³/mol. The number of pyridine rings is 1. The van der Waals surface area contributed by atoms with Crippen molar-refractivity contribution in [3.8, 4) is 0 Å². The zero-order valence-corrected chi connectivity index (χ0v) is 13.2. The summed E-state index contributed by atoms with van der Waals surface area (Å²) in [5, 5.41) is 1.09. The molecule has 0 aliphatic carbocycles. The molecular formula is C17H19N3O3. The quantitative estimate of drug-likeness (QED) is 0.906. The summed E-state index contributed by atoms with van der Waals surface area (Å²) in [5.41, 5.74) is 0.207. The van der Waals surface area contributed by atoms with E-state index in [1.807, 2.05) is 0 Å². The van der Waals surface area contributed by atoms with Crippen LogP contribution in [0.5, 0.6) is 0 Å². The van der Waals surface area contributed by atoms with E-state index in [9.17, 15) is 14.4 Å². The minimum atomic E-state index is -0.428. The number of hydrogen-bond donors (Lipinski definition) is 1. The van der Waals surface area contributed by atoms with Gasteiger partial charge in [0.2, 0.25) is 5.91 Å². The number of nitrogens with one attached hydrogen (secondary N) is 1. The Balaban J connectivity index is 2.02. The number of aromatic nitrogens is 1. The van der Waals surface area contributed by atoms with Crippen molar-refractivity contribution in [3.63, 3.8) is 0 Å². The lowest BCUT2D eigenvalue weighted by atomic mass is 10.1. The molecule has 23 heavy (non-hydrogen) atoms. The number of carbonyl (C=O) groups is 2. The molecule has 0 saturated carbocycles. The van der Waals surface area contributed by atoms with E-state index in [0.717, 1.165) is 6.42 Å². The van der Waals surface area contributed by atoms with Crippen molar-refractivity contribution >= 4 is 22.6 Å². The second-order valence-corrected chi connectivity index (χ2v) is 5.97. The highest BCUT2D eigenvalue weighted by Crippen LogP contribution is 2.24. The maximum absolute atomic E-state index is 12.9. The van der Waals surface area contributed by atoms with Crippen LogP contribution in [0.3, 0.4) is 0 Å². The third-order valence-corrected chi connectivity index (χ3v) is 4.28. The second kappa shape index (κ2) is 5.87. The highest BCUT2D eigenvalue weighted by molar-refractivity contribution is 6.07. The van der Waals surface area contributed by atoms with Crippen LogP contribution in [0.25, 0.3) is 10.8 Å².